The molecule has 0 bridgehead atoms. The van der Waals surface area contributed by atoms with Crippen LogP contribution < -0.4 is 0 Å². The minimum absolute atomic E-state index is 0.0632. The highest BCUT2D eigenvalue weighted by atomic mass is 79.9. The van der Waals surface area contributed by atoms with Gasteiger partial charge in [-0.1, -0.05) is 39.2 Å². The molecule has 0 amide bonds. The molecule has 2 unspecified atom stereocenters. The number of alkyl halides is 1. The number of aliphatic hydroxyl groups is 1. The summed E-state index contributed by atoms with van der Waals surface area (Å²) in [5.74, 6) is -0.0745. The van der Waals surface area contributed by atoms with Crippen LogP contribution in [0.3, 0.4) is 0 Å². The number of carbonyl (C=O) groups is 1. The molecule has 1 N–H and O–H groups in total. The molecule has 0 aliphatic carbocycles. The average Bonchev–Trinajstić information content (AvgIpc) is 2.79. The molecule has 5 heteroatoms. The molecular formula is C17H29BrN2O2. The highest BCUT2D eigenvalue weighted by Gasteiger charge is 2.25. The van der Waals surface area contributed by atoms with Crippen molar-refractivity contribution in [3.63, 3.8) is 0 Å². The Morgan fingerprint density at radius 2 is 1.91 bits per heavy atom. The summed E-state index contributed by atoms with van der Waals surface area (Å²) in [5, 5.41) is 10.1. The summed E-state index contributed by atoms with van der Waals surface area (Å²) in [6.45, 7) is 8.97. The number of hydrogen-bond acceptors (Lipinski definition) is 4. The van der Waals surface area contributed by atoms with Crippen molar-refractivity contribution in [2.24, 2.45) is 0 Å². The van der Waals surface area contributed by atoms with Crippen molar-refractivity contribution in [1.82, 2.24) is 9.80 Å². The molecule has 4 nitrogen and oxygen atoms in total. The van der Waals surface area contributed by atoms with Gasteiger partial charge in [-0.05, 0) is 34.8 Å². The molecule has 1 aliphatic rings. The highest BCUT2D eigenvalue weighted by Crippen LogP contribution is 2.22. The van der Waals surface area contributed by atoms with E-state index in [1.165, 1.54) is 32.1 Å². The fourth-order valence-corrected chi connectivity index (χ4v) is 3.07. The SMILES string of the molecule is C=C(C)C(=O)CC(O)CN1C=CN(CCCCCCC)C1Br. The Balaban J connectivity index is 2.29. The van der Waals surface area contributed by atoms with Gasteiger partial charge in [-0.15, -0.1) is 0 Å². The molecule has 0 saturated carbocycles. The second-order valence-corrected chi connectivity index (χ2v) is 6.84. The number of Topliss-reactive ketones (excluding diaryl/α,β-unsaturated/α-hetero) is 1. The number of nitrogens with zero attached hydrogens (tertiary/aromatic N) is 2. The van der Waals surface area contributed by atoms with E-state index in [1.807, 2.05) is 17.3 Å². The van der Waals surface area contributed by atoms with E-state index in [0.29, 0.717) is 12.1 Å². The van der Waals surface area contributed by atoms with E-state index in [1.54, 1.807) is 6.92 Å². The third-order valence-corrected chi connectivity index (χ3v) is 4.89. The first-order valence-corrected chi connectivity index (χ1v) is 9.08. The highest BCUT2D eigenvalue weighted by molar-refractivity contribution is 9.09. The number of carbonyl (C=O) groups excluding carboxylic acids is 1. The van der Waals surface area contributed by atoms with Gasteiger partial charge in [0.05, 0.1) is 6.10 Å². The van der Waals surface area contributed by atoms with E-state index >= 15 is 0 Å². The van der Waals surface area contributed by atoms with Gasteiger partial charge in [-0.3, -0.25) is 4.79 Å². The molecule has 126 valence electrons. The van der Waals surface area contributed by atoms with Gasteiger partial charge >= 0.3 is 0 Å². The first-order chi connectivity index (χ1) is 10.5. The summed E-state index contributed by atoms with van der Waals surface area (Å²) in [6, 6.07) is 0. The van der Waals surface area contributed by atoms with Crippen molar-refractivity contribution >= 4 is 21.7 Å². The zero-order valence-electron chi connectivity index (χ0n) is 13.8. The Morgan fingerprint density at radius 1 is 1.27 bits per heavy atom. The lowest BCUT2D eigenvalue weighted by atomic mass is 10.1. The maximum Gasteiger partial charge on any atom is 0.160 e. The van der Waals surface area contributed by atoms with Crippen LogP contribution in [-0.4, -0.2) is 45.0 Å². The molecule has 1 aliphatic heterocycles. The van der Waals surface area contributed by atoms with E-state index in [0.717, 1.165) is 6.54 Å². The lowest BCUT2D eigenvalue weighted by Crippen LogP contribution is -2.38. The summed E-state index contributed by atoms with van der Waals surface area (Å²) < 4.78 is 0. The zero-order valence-corrected chi connectivity index (χ0v) is 15.4. The Labute approximate surface area is 143 Å². The summed E-state index contributed by atoms with van der Waals surface area (Å²) in [5.41, 5.74) is 0.500. The van der Waals surface area contributed by atoms with Crippen LogP contribution in [0, 0.1) is 0 Å². The van der Waals surface area contributed by atoms with Crippen LogP contribution in [0.1, 0.15) is 52.4 Å². The number of halogens is 1. The molecule has 0 radical (unpaired) electrons. The van der Waals surface area contributed by atoms with E-state index in [9.17, 15) is 9.90 Å². The van der Waals surface area contributed by atoms with Crippen LogP contribution in [0.15, 0.2) is 24.6 Å². The largest absolute Gasteiger partial charge is 0.391 e. The Morgan fingerprint density at radius 3 is 2.55 bits per heavy atom. The van der Waals surface area contributed by atoms with Gasteiger partial charge in [0.2, 0.25) is 0 Å². The van der Waals surface area contributed by atoms with E-state index in [2.05, 4.69) is 34.3 Å². The molecule has 2 atom stereocenters. The first-order valence-electron chi connectivity index (χ1n) is 8.16. The van der Waals surface area contributed by atoms with Crippen LogP contribution in [0.4, 0.5) is 0 Å². The molecule has 22 heavy (non-hydrogen) atoms. The molecule has 0 saturated heterocycles. The van der Waals surface area contributed by atoms with Gasteiger partial charge in [-0.25, -0.2) is 0 Å². The smallest absolute Gasteiger partial charge is 0.160 e. The predicted molar refractivity (Wildman–Crippen MR) is 94.5 cm³/mol. The normalized spacial score (nSPS) is 18.8. The van der Waals surface area contributed by atoms with Crippen molar-refractivity contribution < 1.29 is 9.90 Å². The second kappa shape index (κ2) is 10.1. The number of rotatable bonds is 11. The zero-order chi connectivity index (χ0) is 16.5. The van der Waals surface area contributed by atoms with Crippen molar-refractivity contribution in [1.29, 1.82) is 0 Å². The van der Waals surface area contributed by atoms with Crippen molar-refractivity contribution in [3.05, 3.63) is 24.6 Å². The summed E-state index contributed by atoms with van der Waals surface area (Å²) in [4.78, 5) is 15.8. The van der Waals surface area contributed by atoms with Gasteiger partial charge in [0, 0.05) is 31.9 Å². The van der Waals surface area contributed by atoms with Crippen molar-refractivity contribution in [2.75, 3.05) is 13.1 Å². The average molecular weight is 373 g/mol. The van der Waals surface area contributed by atoms with Crippen LogP contribution in [0.2, 0.25) is 0 Å². The topological polar surface area (TPSA) is 43.8 Å². The fraction of sp³-hybridized carbons (Fsp3) is 0.706. The molecule has 0 fully saturated rings. The number of unbranched alkanes of at least 4 members (excludes halogenated alkanes) is 4. The van der Waals surface area contributed by atoms with Gasteiger partial charge in [0.15, 0.2) is 10.9 Å². The molecule has 0 aromatic rings. The summed E-state index contributed by atoms with van der Waals surface area (Å²) in [6.07, 6.45) is 9.79. The van der Waals surface area contributed by atoms with E-state index in [4.69, 9.17) is 0 Å². The Kier molecular flexibility index (Phi) is 8.79. The van der Waals surface area contributed by atoms with Gasteiger partial charge in [0.25, 0.3) is 0 Å². The maximum absolute atomic E-state index is 11.6. The minimum Gasteiger partial charge on any atom is -0.391 e. The number of ketones is 1. The predicted octanol–water partition coefficient (Wildman–Crippen LogP) is 3.62. The number of hydrogen-bond donors (Lipinski definition) is 1. The number of allylic oxidation sites excluding steroid dienone is 1. The quantitative estimate of drug-likeness (QED) is 0.260. The molecule has 1 rings (SSSR count). The monoisotopic (exact) mass is 372 g/mol. The Bertz CT molecular complexity index is 398. The molecular weight excluding hydrogens is 344 g/mol. The van der Waals surface area contributed by atoms with Crippen LogP contribution in [0.5, 0.6) is 0 Å². The number of aliphatic hydroxyl groups excluding tert-OH is 1. The van der Waals surface area contributed by atoms with Crippen LogP contribution in [0.25, 0.3) is 0 Å². The summed E-state index contributed by atoms with van der Waals surface area (Å²) in [7, 11) is 0. The Hall–Kier alpha value is -0.810. The van der Waals surface area contributed by atoms with E-state index in [-0.39, 0.29) is 17.3 Å². The standard InChI is InChI=1S/C17H29BrN2O2/c1-4-5-6-7-8-9-19-10-11-20(17(19)18)13-15(21)12-16(22)14(2)3/h10-11,15,17,21H,2,4-9,12-13H2,1,3H3. The van der Waals surface area contributed by atoms with Crippen LogP contribution in [-0.2, 0) is 4.79 Å². The molecule has 1 heterocycles. The lowest BCUT2D eigenvalue weighted by molar-refractivity contribution is -0.117. The van der Waals surface area contributed by atoms with Gasteiger partial charge in [-0.2, -0.15) is 0 Å². The van der Waals surface area contributed by atoms with Crippen molar-refractivity contribution in [3.8, 4) is 0 Å². The molecule has 0 aromatic carbocycles. The first kappa shape index (κ1) is 19.2. The van der Waals surface area contributed by atoms with Gasteiger partial charge < -0.3 is 14.9 Å². The third-order valence-electron chi connectivity index (χ3n) is 3.84. The summed E-state index contributed by atoms with van der Waals surface area (Å²) >= 11 is 3.65. The number of β-amino-alcohol motifs (C(OH)–C–C–N with tert-alkyl or cyclic N) is 1. The van der Waals surface area contributed by atoms with Gasteiger partial charge in [0.1, 0.15) is 0 Å². The van der Waals surface area contributed by atoms with E-state index < -0.39 is 6.10 Å². The lowest BCUT2D eigenvalue weighted by Gasteiger charge is -2.29. The van der Waals surface area contributed by atoms with Crippen molar-refractivity contribution in [2.45, 2.75) is 63.6 Å². The minimum atomic E-state index is -0.668. The maximum atomic E-state index is 11.6. The molecule has 0 spiro atoms. The fourth-order valence-electron chi connectivity index (χ4n) is 2.43. The third kappa shape index (κ3) is 6.53. The van der Waals surface area contributed by atoms with Crippen LogP contribution >= 0.6 is 15.9 Å². The second-order valence-electron chi connectivity index (χ2n) is 6.02. The molecule has 0 aromatic heterocycles.